The SMILES string of the molecule is CC[C@H](N)c1cnc(Nc2ccccc2)c(C)c1. The predicted octanol–water partition coefficient (Wildman–Crippen LogP) is 3.54. The minimum Gasteiger partial charge on any atom is -0.340 e. The number of pyridine rings is 1. The molecule has 1 aromatic heterocycles. The van der Waals surface area contributed by atoms with Gasteiger partial charge in [-0.05, 0) is 42.7 Å². The largest absolute Gasteiger partial charge is 0.340 e. The van der Waals surface area contributed by atoms with Gasteiger partial charge in [-0.25, -0.2) is 4.98 Å². The van der Waals surface area contributed by atoms with Crippen LogP contribution in [0.15, 0.2) is 42.6 Å². The van der Waals surface area contributed by atoms with Crippen molar-refractivity contribution < 1.29 is 0 Å². The number of rotatable bonds is 4. The summed E-state index contributed by atoms with van der Waals surface area (Å²) < 4.78 is 0. The van der Waals surface area contributed by atoms with E-state index in [2.05, 4.69) is 23.3 Å². The van der Waals surface area contributed by atoms with E-state index in [-0.39, 0.29) is 6.04 Å². The molecule has 0 aliphatic heterocycles. The van der Waals surface area contributed by atoms with E-state index < -0.39 is 0 Å². The summed E-state index contributed by atoms with van der Waals surface area (Å²) in [7, 11) is 0. The van der Waals surface area contributed by atoms with Crippen LogP contribution >= 0.6 is 0 Å². The van der Waals surface area contributed by atoms with Gasteiger partial charge < -0.3 is 11.1 Å². The zero-order valence-corrected chi connectivity index (χ0v) is 10.9. The Morgan fingerprint density at radius 2 is 2.00 bits per heavy atom. The van der Waals surface area contributed by atoms with Crippen molar-refractivity contribution in [1.29, 1.82) is 0 Å². The molecule has 0 saturated carbocycles. The number of para-hydroxylation sites is 1. The first-order chi connectivity index (χ1) is 8.70. The average Bonchev–Trinajstić information content (AvgIpc) is 2.41. The van der Waals surface area contributed by atoms with Gasteiger partial charge in [0.05, 0.1) is 0 Å². The number of nitrogens with zero attached hydrogens (tertiary/aromatic N) is 1. The van der Waals surface area contributed by atoms with Crippen LogP contribution in [0.2, 0.25) is 0 Å². The second kappa shape index (κ2) is 5.65. The quantitative estimate of drug-likeness (QED) is 0.860. The molecule has 3 heteroatoms. The highest BCUT2D eigenvalue weighted by atomic mass is 15.0. The second-order valence-corrected chi connectivity index (χ2v) is 4.44. The number of anilines is 2. The molecule has 0 unspecified atom stereocenters. The highest BCUT2D eigenvalue weighted by Gasteiger charge is 2.07. The summed E-state index contributed by atoms with van der Waals surface area (Å²) in [6, 6.07) is 12.2. The fourth-order valence-electron chi connectivity index (χ4n) is 1.82. The number of benzene rings is 1. The molecular weight excluding hydrogens is 222 g/mol. The Labute approximate surface area is 108 Å². The lowest BCUT2D eigenvalue weighted by Gasteiger charge is -2.13. The summed E-state index contributed by atoms with van der Waals surface area (Å²) in [5.41, 5.74) is 9.25. The van der Waals surface area contributed by atoms with Crippen molar-refractivity contribution in [2.75, 3.05) is 5.32 Å². The van der Waals surface area contributed by atoms with Gasteiger partial charge in [0.25, 0.3) is 0 Å². The van der Waals surface area contributed by atoms with Crippen molar-refractivity contribution in [3.8, 4) is 0 Å². The van der Waals surface area contributed by atoms with Crippen LogP contribution in [0.5, 0.6) is 0 Å². The molecule has 1 heterocycles. The van der Waals surface area contributed by atoms with Gasteiger partial charge >= 0.3 is 0 Å². The van der Waals surface area contributed by atoms with Crippen LogP contribution in [0.3, 0.4) is 0 Å². The van der Waals surface area contributed by atoms with Crippen LogP contribution in [0.4, 0.5) is 11.5 Å². The number of nitrogens with one attached hydrogen (secondary N) is 1. The summed E-state index contributed by atoms with van der Waals surface area (Å²) in [4.78, 5) is 4.45. The summed E-state index contributed by atoms with van der Waals surface area (Å²) in [5, 5.41) is 3.30. The Morgan fingerprint density at radius 3 is 2.61 bits per heavy atom. The van der Waals surface area contributed by atoms with Crippen molar-refractivity contribution >= 4 is 11.5 Å². The fourth-order valence-corrected chi connectivity index (χ4v) is 1.82. The number of aryl methyl sites for hydroxylation is 1. The van der Waals surface area contributed by atoms with Crippen LogP contribution in [0.25, 0.3) is 0 Å². The molecule has 2 rings (SSSR count). The monoisotopic (exact) mass is 241 g/mol. The molecule has 18 heavy (non-hydrogen) atoms. The predicted molar refractivity (Wildman–Crippen MR) is 75.9 cm³/mol. The number of hydrogen-bond donors (Lipinski definition) is 2. The van der Waals surface area contributed by atoms with Gasteiger partial charge in [0.2, 0.25) is 0 Å². The maximum atomic E-state index is 6.01. The van der Waals surface area contributed by atoms with E-state index in [1.807, 2.05) is 43.5 Å². The first-order valence-corrected chi connectivity index (χ1v) is 6.25. The van der Waals surface area contributed by atoms with Gasteiger partial charge in [0.1, 0.15) is 5.82 Å². The van der Waals surface area contributed by atoms with Gasteiger partial charge in [0.15, 0.2) is 0 Å². The van der Waals surface area contributed by atoms with E-state index in [4.69, 9.17) is 5.73 Å². The maximum absolute atomic E-state index is 6.01. The lowest BCUT2D eigenvalue weighted by Crippen LogP contribution is -2.10. The molecule has 0 fully saturated rings. The lowest BCUT2D eigenvalue weighted by molar-refractivity contribution is 0.694. The molecule has 94 valence electrons. The third-order valence-corrected chi connectivity index (χ3v) is 3.00. The molecule has 0 spiro atoms. The van der Waals surface area contributed by atoms with Crippen molar-refractivity contribution in [2.45, 2.75) is 26.3 Å². The van der Waals surface area contributed by atoms with Crippen LogP contribution in [0, 0.1) is 6.92 Å². The van der Waals surface area contributed by atoms with Crippen molar-refractivity contribution in [2.24, 2.45) is 5.73 Å². The molecule has 0 saturated heterocycles. The second-order valence-electron chi connectivity index (χ2n) is 4.44. The van der Waals surface area contributed by atoms with Gasteiger partial charge in [0, 0.05) is 17.9 Å². The molecule has 0 bridgehead atoms. The van der Waals surface area contributed by atoms with E-state index in [0.29, 0.717) is 0 Å². The normalized spacial score (nSPS) is 12.2. The minimum atomic E-state index is 0.0713. The smallest absolute Gasteiger partial charge is 0.133 e. The van der Waals surface area contributed by atoms with E-state index in [9.17, 15) is 0 Å². The van der Waals surface area contributed by atoms with E-state index >= 15 is 0 Å². The summed E-state index contributed by atoms with van der Waals surface area (Å²) in [6.07, 6.45) is 2.78. The van der Waals surface area contributed by atoms with E-state index in [1.54, 1.807) is 0 Å². The maximum Gasteiger partial charge on any atom is 0.133 e. The molecule has 3 nitrogen and oxygen atoms in total. The van der Waals surface area contributed by atoms with Crippen LogP contribution in [-0.2, 0) is 0 Å². The van der Waals surface area contributed by atoms with Gasteiger partial charge in [-0.2, -0.15) is 0 Å². The molecular formula is C15H19N3. The average molecular weight is 241 g/mol. The topological polar surface area (TPSA) is 50.9 Å². The summed E-state index contributed by atoms with van der Waals surface area (Å²) >= 11 is 0. The Hall–Kier alpha value is -1.87. The minimum absolute atomic E-state index is 0.0713. The van der Waals surface area contributed by atoms with Crippen molar-refractivity contribution in [3.63, 3.8) is 0 Å². The third kappa shape index (κ3) is 2.87. The van der Waals surface area contributed by atoms with Gasteiger partial charge in [-0.3, -0.25) is 0 Å². The Balaban J connectivity index is 2.20. The van der Waals surface area contributed by atoms with Gasteiger partial charge in [-0.15, -0.1) is 0 Å². The molecule has 0 amide bonds. The van der Waals surface area contributed by atoms with Crippen LogP contribution < -0.4 is 11.1 Å². The number of aromatic nitrogens is 1. The van der Waals surface area contributed by atoms with E-state index in [0.717, 1.165) is 29.1 Å². The number of nitrogens with two attached hydrogens (primary N) is 1. The van der Waals surface area contributed by atoms with Crippen molar-refractivity contribution in [1.82, 2.24) is 4.98 Å². The standard InChI is InChI=1S/C15H19N3/c1-3-14(16)12-9-11(2)15(17-10-12)18-13-7-5-4-6-8-13/h4-10,14H,3,16H2,1-2H3,(H,17,18)/t14-/m0/s1. The Bertz CT molecular complexity index is 508. The number of hydrogen-bond acceptors (Lipinski definition) is 3. The molecule has 0 aliphatic carbocycles. The zero-order chi connectivity index (χ0) is 13.0. The van der Waals surface area contributed by atoms with Crippen LogP contribution in [0.1, 0.15) is 30.5 Å². The fraction of sp³-hybridized carbons (Fsp3) is 0.267. The molecule has 3 N–H and O–H groups in total. The summed E-state index contributed by atoms with van der Waals surface area (Å²) in [5.74, 6) is 0.883. The molecule has 0 radical (unpaired) electrons. The zero-order valence-electron chi connectivity index (χ0n) is 10.9. The Morgan fingerprint density at radius 1 is 1.28 bits per heavy atom. The highest BCUT2D eigenvalue weighted by Crippen LogP contribution is 2.21. The first kappa shape index (κ1) is 12.6. The Kier molecular flexibility index (Phi) is 3.95. The van der Waals surface area contributed by atoms with Gasteiger partial charge in [-0.1, -0.05) is 25.1 Å². The molecule has 0 aliphatic rings. The molecule has 1 atom stereocenters. The molecule has 1 aromatic carbocycles. The molecule has 2 aromatic rings. The summed E-state index contributed by atoms with van der Waals surface area (Å²) in [6.45, 7) is 4.13. The third-order valence-electron chi connectivity index (χ3n) is 3.00. The lowest BCUT2D eigenvalue weighted by atomic mass is 10.1. The first-order valence-electron chi connectivity index (χ1n) is 6.25. The van der Waals surface area contributed by atoms with Crippen LogP contribution in [-0.4, -0.2) is 4.98 Å². The van der Waals surface area contributed by atoms with E-state index in [1.165, 1.54) is 0 Å². The highest BCUT2D eigenvalue weighted by molar-refractivity contribution is 5.59. The van der Waals surface area contributed by atoms with Crippen molar-refractivity contribution in [3.05, 3.63) is 53.7 Å².